The van der Waals surface area contributed by atoms with Gasteiger partial charge in [-0.3, -0.25) is 77.5 Å². The molecule has 9 aliphatic rings. The molecule has 0 saturated carbocycles. The number of aliphatic carboxylic acids is 4. The molecule has 5 fully saturated rings. The number of carbonyl (C=O) groups is 15. The van der Waals surface area contributed by atoms with Crippen molar-refractivity contribution in [3.05, 3.63) is 127 Å². The lowest BCUT2D eigenvalue weighted by molar-refractivity contribution is -0.193. The summed E-state index contributed by atoms with van der Waals surface area (Å²) in [6.45, 7) is 6.70. The predicted molar refractivity (Wildman–Crippen MR) is 478 cm³/mol. The number of ether oxygens (including phenoxy) is 1. The third kappa shape index (κ3) is 21.6. The monoisotopic (exact) mass is 2040 g/mol. The van der Waals surface area contributed by atoms with E-state index < -0.39 is 159 Å². The average molecular weight is 2040 g/mol. The van der Waals surface area contributed by atoms with E-state index in [4.69, 9.17) is 16.2 Å². The Morgan fingerprint density at radius 3 is 1.46 bits per heavy atom. The molecule has 0 unspecified atom stereocenters. The number of aromatic hydroxyl groups is 2. The van der Waals surface area contributed by atoms with Gasteiger partial charge >= 0.3 is 41.7 Å². The number of benzene rings is 2. The number of thioether (sulfide) groups is 8. The topological polar surface area (TPSA) is 719 Å². The molecule has 2 aromatic carbocycles. The number of phenolic OH excluding ortho intramolecular Hbond substituents is 2. The van der Waals surface area contributed by atoms with Gasteiger partial charge in [0.2, 0.25) is 28.8 Å². The molecular formula is C73H80N28O23S10. The number of piperazine rings is 1. The van der Waals surface area contributed by atoms with Crippen LogP contribution >= 0.6 is 117 Å². The van der Waals surface area contributed by atoms with Crippen LogP contribution in [0.25, 0.3) is 0 Å². The Balaban J connectivity index is 0.000000153. The quantitative estimate of drug-likeness (QED) is 0.00936. The molecule has 14 heterocycles. The fourth-order valence-corrected chi connectivity index (χ4v) is 25.4. The molecule has 0 spiro atoms. The number of β-lactam (4-membered cyclic amide) rings is 4. The number of aliphatic hydroxyl groups is 1. The number of rotatable bonds is 31. The first kappa shape index (κ1) is 99.6. The SMILES string of the molecule is CCN1CCN(C(=O)N[C@@H](C(=O)N[C@]2(OC)C(=O)N3C(C(=O)O)=C(CSc4nnnn4C)CS[C@@H]32)[C@H](C)O)C(=O)C1=O.Cc1nnc(SCC2=C(C(=O)O)N3C(=O)[C@@H](NC(=O)Cn4cnnn4)[C@H]3SC2)s1.Cc1nnc(SCC2=C(C(=O)O)N3C(=O)[C@@H](NC(=O)[C@H](N)c4ccc(O)cc4)[C@H]3SC2)s1.N[C@@H](C(=O)N[C@@H]1C(=O)N2C(C(=O)O)=C(CSc3c[nH]nn3)CS[C@H]12)c1ccc(O)cc1. The van der Waals surface area contributed by atoms with E-state index >= 15 is 0 Å². The zero-order chi connectivity index (χ0) is 96.6. The Bertz CT molecular complexity index is 5890. The smallest absolute Gasteiger partial charge is 0.352 e. The number of amides is 12. The van der Waals surface area contributed by atoms with Crippen LogP contribution in [-0.2, 0) is 85.5 Å². The Morgan fingerprint density at radius 1 is 0.582 bits per heavy atom. The van der Waals surface area contributed by atoms with Crippen LogP contribution in [0, 0.1) is 13.8 Å². The van der Waals surface area contributed by atoms with Crippen molar-refractivity contribution in [2.24, 2.45) is 18.5 Å². The lowest BCUT2D eigenvalue weighted by Crippen LogP contribution is -2.81. The summed E-state index contributed by atoms with van der Waals surface area (Å²) >= 11 is 13.5. The molecular weight excluding hydrogens is 1960 g/mol. The summed E-state index contributed by atoms with van der Waals surface area (Å²) < 4.78 is 9.55. The van der Waals surface area contributed by atoms with Crippen molar-refractivity contribution in [1.29, 1.82) is 0 Å². The number of hydrogen-bond donors (Lipinski definition) is 15. The summed E-state index contributed by atoms with van der Waals surface area (Å²) in [5, 5.41) is 128. The number of aryl methyl sites for hydroxylation is 3. The van der Waals surface area contributed by atoms with Gasteiger partial charge < -0.3 is 83.4 Å². The van der Waals surface area contributed by atoms with Crippen LogP contribution < -0.4 is 38.1 Å². The van der Waals surface area contributed by atoms with Gasteiger partial charge in [-0.05, 0) is 106 Å². The highest BCUT2D eigenvalue weighted by Gasteiger charge is 2.67. The van der Waals surface area contributed by atoms with Crippen molar-refractivity contribution in [1.82, 2.24) is 132 Å². The molecule has 7 aromatic rings. The van der Waals surface area contributed by atoms with Crippen molar-refractivity contribution in [3.8, 4) is 11.5 Å². The fraction of sp³-hybridized carbons (Fsp3) is 0.411. The number of urea groups is 1. The Morgan fingerprint density at radius 2 is 1.04 bits per heavy atom. The van der Waals surface area contributed by atoms with E-state index in [1.165, 1.54) is 196 Å². The third-order valence-electron chi connectivity index (χ3n) is 20.9. The number of carboxylic acids is 4. The Kier molecular flexibility index (Phi) is 32.1. The Hall–Kier alpha value is -11.9. The number of carbonyl (C=O) groups excluding carboxylic acids is 11. The van der Waals surface area contributed by atoms with E-state index in [0.717, 1.165) is 42.5 Å². The van der Waals surface area contributed by atoms with Crippen LogP contribution in [0.5, 0.6) is 11.5 Å². The van der Waals surface area contributed by atoms with E-state index in [1.807, 2.05) is 13.8 Å². The number of carboxylic acid groups (broad SMARTS) is 4. The maximum atomic E-state index is 13.4. The molecule has 12 atom stereocenters. The fourth-order valence-electron chi connectivity index (χ4n) is 14.1. The van der Waals surface area contributed by atoms with E-state index in [2.05, 4.69) is 93.4 Å². The second-order valence-electron chi connectivity index (χ2n) is 29.4. The van der Waals surface area contributed by atoms with Crippen LogP contribution in [-0.4, -0.2) is 361 Å². The summed E-state index contributed by atoms with van der Waals surface area (Å²) in [4.78, 5) is 194. The number of hydrogen-bond acceptors (Lipinski definition) is 43. The van der Waals surface area contributed by atoms with Crippen molar-refractivity contribution >= 4 is 206 Å². The number of nitrogens with zero attached hydrogens (tertiary/aromatic N) is 20. The van der Waals surface area contributed by atoms with Crippen LogP contribution in [0.2, 0.25) is 0 Å². The lowest BCUT2D eigenvalue weighted by Gasteiger charge is -2.56. The molecule has 0 bridgehead atoms. The van der Waals surface area contributed by atoms with E-state index in [0.29, 0.717) is 83.0 Å². The van der Waals surface area contributed by atoms with E-state index in [-0.39, 0.29) is 72.0 Å². The number of tetrazole rings is 2. The number of aromatic nitrogens is 15. The van der Waals surface area contributed by atoms with E-state index in [9.17, 15) is 108 Å². The number of H-pyrrole nitrogens is 1. The number of aliphatic hydroxyl groups excluding tert-OH is 1. The molecule has 61 heteroatoms. The third-order valence-corrected chi connectivity index (χ3v) is 32.4. The maximum Gasteiger partial charge on any atom is 0.352 e. The Labute approximate surface area is 797 Å². The first-order chi connectivity index (χ1) is 63.9. The highest BCUT2D eigenvalue weighted by Crippen LogP contribution is 2.49. The van der Waals surface area contributed by atoms with Crippen LogP contribution in [0.4, 0.5) is 4.79 Å². The first-order valence-electron chi connectivity index (χ1n) is 39.4. The van der Waals surface area contributed by atoms with E-state index in [1.54, 1.807) is 20.2 Å². The van der Waals surface area contributed by atoms with Gasteiger partial charge in [-0.1, -0.05) is 99.2 Å². The molecule has 9 aliphatic heterocycles. The molecule has 5 aromatic heterocycles. The number of aromatic amines is 1. The van der Waals surface area contributed by atoms with Gasteiger partial charge in [0.1, 0.15) is 120 Å². The zero-order valence-corrected chi connectivity index (χ0v) is 78.6. The minimum atomic E-state index is -2.01. The standard InChI is InChI=1S/C22H29N9O9S2.C19H19N5O5S3.C18H18N6O5S2.C14H14N8O4S3/c1-5-29-6-7-30(16(35)15(29)34)20(39)23-12(10(2)32)14(33)24-22(40-4)18(38)31-13(17(36)37)11(8-41-19(22)31)9-42-21-25-26-27-28(21)3;1-8-22-23-19(32-8)31-7-10-6-30-17-13(16(27)24(17)14(10)18(28)29)21-15(26)12(20)9-2-4-11(25)5-3-9;19-12(8-1-3-10(25)4-2-8)15(26)21-13-16(27)24-14(18(28)29)9(7-31-17(13)24)6-30-11-5-20-23-22-11;1-6-17-18-14(29-6)28-4-7-3-27-12-9(11(24)22(12)10(7)13(25)26)16-8(23)2-21-5-15-19-20-21/h10,12,19,32H,5-9H2,1-4H3,(H,23,39)(H,24,33)(H,36,37);2-5,12-13,17,25H,6-7,20H2,1H3,(H,21,26)(H,28,29);1-5,12-13,17,25H,6-7,19H2,(H,21,26)(H,28,29)(H,20,22,23);5,9,12H,2-4H2,1H3,(H,16,23)(H,25,26)/t10-,12+,19+,22-;2*12-,13-,17-;9-,12-/m0111/s1. The summed E-state index contributed by atoms with van der Waals surface area (Å²) in [5.41, 5.74) is 12.8. The predicted octanol–water partition coefficient (Wildman–Crippen LogP) is -2.35. The number of methoxy groups -OCH3 is 1. The maximum absolute atomic E-state index is 13.4. The minimum absolute atomic E-state index is 0.0153. The van der Waals surface area contributed by atoms with Crippen LogP contribution in [0.1, 0.15) is 47.1 Å². The summed E-state index contributed by atoms with van der Waals surface area (Å²) in [6.07, 6.45) is 1.39. The van der Waals surface area contributed by atoms with Crippen molar-refractivity contribution in [2.45, 2.75) is 123 Å². The second-order valence-corrected chi connectivity index (χ2v) is 40.6. The summed E-state index contributed by atoms with van der Waals surface area (Å²) in [7, 11) is 2.78. The molecule has 5 saturated heterocycles. The van der Waals surface area contributed by atoms with Crippen molar-refractivity contribution < 1.29 is 112 Å². The number of likely N-dealkylation sites (N-methyl/N-ethyl adjacent to an activating group) is 1. The molecule has 16 rings (SSSR count). The van der Waals surface area contributed by atoms with Crippen molar-refractivity contribution in [3.63, 3.8) is 0 Å². The molecule has 0 radical (unpaired) electrons. The number of nitrogens with one attached hydrogen (secondary N) is 6. The molecule has 17 N–H and O–H groups in total. The lowest BCUT2D eigenvalue weighted by atomic mass is 9.97. The molecule has 12 amide bonds. The number of imide groups is 1. The minimum Gasteiger partial charge on any atom is -0.508 e. The van der Waals surface area contributed by atoms with Gasteiger partial charge in [-0.25, -0.2) is 33.3 Å². The molecule has 0 aliphatic carbocycles. The van der Waals surface area contributed by atoms with Gasteiger partial charge in [0, 0.05) is 79.8 Å². The number of fused-ring (bicyclic) bond motifs is 4. The van der Waals surface area contributed by atoms with Gasteiger partial charge in [-0.2, -0.15) is 0 Å². The summed E-state index contributed by atoms with van der Waals surface area (Å²) in [5.74, 6) is -8.89. The highest BCUT2D eigenvalue weighted by atomic mass is 32.2. The number of phenols is 2. The van der Waals surface area contributed by atoms with Crippen LogP contribution in [0.3, 0.4) is 0 Å². The first-order valence-corrected chi connectivity index (χ1v) is 49.2. The number of nitrogens with two attached hydrogens (primary N) is 2. The second kappa shape index (κ2) is 43.2. The molecule has 134 heavy (non-hydrogen) atoms. The highest BCUT2D eigenvalue weighted by molar-refractivity contribution is 8.03. The van der Waals surface area contributed by atoms with Gasteiger partial charge in [-0.15, -0.1) is 82.7 Å². The van der Waals surface area contributed by atoms with Gasteiger partial charge in [0.05, 0.1) is 12.3 Å². The zero-order valence-electron chi connectivity index (χ0n) is 70.5. The average Bonchev–Trinajstić information content (AvgIpc) is 0.791. The van der Waals surface area contributed by atoms with Crippen molar-refractivity contribution in [2.75, 3.05) is 72.8 Å². The van der Waals surface area contributed by atoms with Gasteiger partial charge in [0.25, 0.3) is 29.4 Å². The summed E-state index contributed by atoms with van der Waals surface area (Å²) in [6, 6.07) is 4.47. The normalized spacial score (nSPS) is 22.0. The molecule has 710 valence electrons. The largest absolute Gasteiger partial charge is 0.508 e. The van der Waals surface area contributed by atoms with Crippen LogP contribution in [0.15, 0.2) is 125 Å². The molecule has 51 nitrogen and oxygen atoms in total. The van der Waals surface area contributed by atoms with Gasteiger partial charge in [0.15, 0.2) is 8.68 Å².